The Morgan fingerprint density at radius 2 is 0.951 bits per heavy atom. The van der Waals surface area contributed by atoms with Crippen LogP contribution < -0.4 is 42.5 Å². The molecule has 1 unspecified atom stereocenters. The van der Waals surface area contributed by atoms with Gasteiger partial charge in [0.15, 0.2) is 0 Å². The fourth-order valence-corrected chi connectivity index (χ4v) is 4.83. The molecule has 1 atom stereocenters. The Bertz CT molecular complexity index is 1330. The molecule has 5 rings (SSSR count). The minimum atomic E-state index is -0.576. The molecule has 41 heavy (non-hydrogen) atoms. The molecule has 1 aliphatic carbocycles. The van der Waals surface area contributed by atoms with Crippen LogP contribution in [0.3, 0.4) is 0 Å². The van der Waals surface area contributed by atoms with E-state index in [1.54, 1.807) is 0 Å². The van der Waals surface area contributed by atoms with Crippen molar-refractivity contribution in [2.45, 2.75) is 25.4 Å². The maximum atomic E-state index is 8.00. The van der Waals surface area contributed by atoms with Crippen molar-refractivity contribution in [3.63, 3.8) is 0 Å². The van der Waals surface area contributed by atoms with E-state index in [0.717, 1.165) is 5.57 Å². The van der Waals surface area contributed by atoms with Crippen LogP contribution in [0.4, 0.5) is 0 Å². The zero-order valence-corrected chi connectivity index (χ0v) is 26.8. The first kappa shape index (κ1) is 40.3. The summed E-state index contributed by atoms with van der Waals surface area (Å²) in [6.07, 6.45) is 4.00. The molecule has 7 heteroatoms. The van der Waals surface area contributed by atoms with Crippen LogP contribution in [0.5, 0.6) is 0 Å². The fourth-order valence-electron chi connectivity index (χ4n) is 4.83. The van der Waals surface area contributed by atoms with Gasteiger partial charge < -0.3 is 52.1 Å². The van der Waals surface area contributed by atoms with Gasteiger partial charge in [0.1, 0.15) is 13.6 Å². The second-order valence-corrected chi connectivity index (χ2v) is 8.76. The number of rotatable bonds is 6. The van der Waals surface area contributed by atoms with E-state index in [-0.39, 0.29) is 62.7 Å². The van der Waals surface area contributed by atoms with Crippen LogP contribution in [0.15, 0.2) is 121 Å². The van der Waals surface area contributed by atoms with Crippen LogP contribution >= 0.6 is 0 Å². The van der Waals surface area contributed by atoms with Crippen molar-refractivity contribution in [3.05, 3.63) is 150 Å². The van der Waals surface area contributed by atoms with Crippen molar-refractivity contribution >= 4 is 30.3 Å². The van der Waals surface area contributed by atoms with E-state index < -0.39 is 5.54 Å². The van der Waals surface area contributed by atoms with E-state index in [2.05, 4.69) is 147 Å². The molecule has 0 saturated heterocycles. The van der Waals surface area contributed by atoms with Crippen LogP contribution in [0.25, 0.3) is 16.7 Å². The van der Waals surface area contributed by atoms with E-state index in [9.17, 15) is 0 Å². The van der Waals surface area contributed by atoms with E-state index in [4.69, 9.17) is 9.59 Å². The summed E-state index contributed by atoms with van der Waals surface area (Å²) < 4.78 is 0. The number of carbonyl (C=O) groups excluding carboxylic acids is 2. The molecule has 0 aliphatic heterocycles. The van der Waals surface area contributed by atoms with E-state index in [0.29, 0.717) is 0 Å². The molecular weight excluding hydrogens is 662 g/mol. The van der Waals surface area contributed by atoms with Gasteiger partial charge in [0.25, 0.3) is 0 Å². The van der Waals surface area contributed by atoms with E-state index >= 15 is 0 Å². The molecule has 3 nitrogen and oxygen atoms in total. The minimum Gasteiger partial charge on any atom is -1.00 e. The average molecular weight is 694 g/mol. The van der Waals surface area contributed by atoms with Gasteiger partial charge in [-0.05, 0) is 11.1 Å². The first-order valence-corrected chi connectivity index (χ1v) is 12.2. The Balaban J connectivity index is 0. The molecule has 0 spiro atoms. The van der Waals surface area contributed by atoms with Gasteiger partial charge >= 0.3 is 19.5 Å². The normalized spacial score (nSPS) is 14.7. The van der Waals surface area contributed by atoms with Crippen LogP contribution in [0.2, 0.25) is 0 Å². The molecular formula is C34H32Cl3NO2Ru. The number of allylic oxidation sites excluding steroid dienone is 2. The zero-order valence-electron chi connectivity index (χ0n) is 22.8. The predicted molar refractivity (Wildman–Crippen MR) is 153 cm³/mol. The standard InChI is InChI=1S/C32H28N.2CH2O.3ClH.Ru/c1-24(2)33-32(28-21-13-6-14-22-28)23-29(25-15-7-3-8-16-25)30(26-17-9-4-10-18-26)31(32)27-19-11-5-12-20-27;2*1-2;;;;/h3-22,24,33H,1-2H3;2*1H2;3*1H;/q-1;;;;;;+4/p-3. The second-order valence-electron chi connectivity index (χ2n) is 8.76. The van der Waals surface area contributed by atoms with Crippen molar-refractivity contribution < 1.29 is 66.3 Å². The number of carbonyl (C=O) groups is 2. The SMILES string of the molecule is C=O.C=O.CC(C)NC1(c2ccccc2)[C-]=C(c2ccccc2)C(c2ccccc2)=C1c1ccccc1.[Cl-].[Cl-].[Cl-].[Ru+4]. The smallest absolute Gasteiger partial charge is 1.00 e. The third kappa shape index (κ3) is 9.07. The van der Waals surface area contributed by atoms with Gasteiger partial charge in [-0.3, -0.25) is 0 Å². The molecule has 0 heterocycles. The van der Waals surface area contributed by atoms with Gasteiger partial charge in [0, 0.05) is 11.6 Å². The molecule has 4 aromatic carbocycles. The molecule has 1 aliphatic rings. The monoisotopic (exact) mass is 693 g/mol. The van der Waals surface area contributed by atoms with Gasteiger partial charge in [-0.2, -0.15) is 11.6 Å². The quantitative estimate of drug-likeness (QED) is 0.189. The van der Waals surface area contributed by atoms with Crippen molar-refractivity contribution in [1.82, 2.24) is 5.32 Å². The number of halogens is 3. The number of benzene rings is 4. The largest absolute Gasteiger partial charge is 4.00 e. The number of hydrogen-bond donors (Lipinski definition) is 1. The average Bonchev–Trinajstić information content (AvgIpc) is 3.32. The van der Waals surface area contributed by atoms with Gasteiger partial charge in [0.2, 0.25) is 0 Å². The van der Waals surface area contributed by atoms with Gasteiger partial charge in [-0.15, -0.1) is 23.3 Å². The zero-order chi connectivity index (χ0) is 26.7. The van der Waals surface area contributed by atoms with Crippen LogP contribution in [0.1, 0.15) is 36.1 Å². The third-order valence-corrected chi connectivity index (χ3v) is 6.09. The molecule has 0 amide bonds. The molecule has 0 aromatic heterocycles. The Morgan fingerprint density at radius 1 is 0.585 bits per heavy atom. The molecule has 0 bridgehead atoms. The summed E-state index contributed by atoms with van der Waals surface area (Å²) in [5, 5.41) is 3.93. The summed E-state index contributed by atoms with van der Waals surface area (Å²) in [4.78, 5) is 16.0. The number of hydrogen-bond acceptors (Lipinski definition) is 3. The van der Waals surface area contributed by atoms with Crippen LogP contribution in [0, 0.1) is 6.08 Å². The van der Waals surface area contributed by atoms with Crippen molar-refractivity contribution in [1.29, 1.82) is 0 Å². The Labute approximate surface area is 275 Å². The fraction of sp³-hybridized carbons (Fsp3) is 0.118. The molecule has 0 radical (unpaired) electrons. The number of nitrogens with one attached hydrogen (secondary N) is 1. The van der Waals surface area contributed by atoms with Gasteiger partial charge in [-0.1, -0.05) is 134 Å². The van der Waals surface area contributed by atoms with Crippen LogP contribution in [-0.4, -0.2) is 19.6 Å². The van der Waals surface area contributed by atoms with Gasteiger partial charge in [-0.25, -0.2) is 0 Å². The first-order valence-electron chi connectivity index (χ1n) is 12.2. The van der Waals surface area contributed by atoms with E-state index in [1.165, 1.54) is 33.4 Å². The summed E-state index contributed by atoms with van der Waals surface area (Å²) in [5.41, 5.74) is 7.80. The summed E-state index contributed by atoms with van der Waals surface area (Å²) >= 11 is 0. The summed E-state index contributed by atoms with van der Waals surface area (Å²) in [6.45, 7) is 8.41. The van der Waals surface area contributed by atoms with Crippen molar-refractivity contribution in [3.8, 4) is 0 Å². The third-order valence-electron chi connectivity index (χ3n) is 6.09. The maximum absolute atomic E-state index is 8.00. The second kappa shape index (κ2) is 20.1. The molecule has 214 valence electrons. The maximum Gasteiger partial charge on any atom is 4.00 e. The van der Waals surface area contributed by atoms with Crippen molar-refractivity contribution in [2.24, 2.45) is 0 Å². The Hall–Kier alpha value is -2.85. The topological polar surface area (TPSA) is 46.2 Å². The van der Waals surface area contributed by atoms with E-state index in [1.807, 2.05) is 13.6 Å². The first-order chi connectivity index (χ1) is 18.2. The molecule has 0 saturated carbocycles. The van der Waals surface area contributed by atoms with Gasteiger partial charge in [0.05, 0.1) is 0 Å². The Morgan fingerprint density at radius 3 is 1.37 bits per heavy atom. The predicted octanol–water partition coefficient (Wildman–Crippen LogP) is -1.97. The summed E-state index contributed by atoms with van der Waals surface area (Å²) in [7, 11) is 0. The summed E-state index contributed by atoms with van der Waals surface area (Å²) in [5.74, 6) is 0. The Kier molecular flexibility index (Phi) is 19.8. The summed E-state index contributed by atoms with van der Waals surface area (Å²) in [6, 6.07) is 43.1. The van der Waals surface area contributed by atoms with Crippen molar-refractivity contribution in [2.75, 3.05) is 0 Å². The molecule has 4 aromatic rings. The molecule has 1 N–H and O–H groups in total. The minimum absolute atomic E-state index is 0. The molecule has 0 fully saturated rings. The van der Waals surface area contributed by atoms with Crippen LogP contribution in [-0.2, 0) is 34.6 Å².